The van der Waals surface area contributed by atoms with Gasteiger partial charge in [0, 0.05) is 10.4 Å². The largest absolute Gasteiger partial charge is 0.507 e. The number of fused-ring (bicyclic) bond motifs is 1. The van der Waals surface area contributed by atoms with Crippen molar-refractivity contribution >= 4 is 55.5 Å². The molecular weight excluding hydrogens is 500 g/mol. The number of ketones is 1. The number of amides is 1. The second kappa shape index (κ2) is 9.63. The summed E-state index contributed by atoms with van der Waals surface area (Å²) in [5.41, 5.74) is 1.01. The lowest BCUT2D eigenvalue weighted by atomic mass is 9.99. The van der Waals surface area contributed by atoms with E-state index in [9.17, 15) is 14.7 Å². The standard InChI is InChI=1S/C26H22N2O6S2/c1-4-34-15-8-9-16-20(13-15)36-26(27-16)28-22(19-6-5-11-35-19)21(24(30)25(28)31)23(29)14-7-10-17(32-2)18(12-14)33-3/h5-13,22,29H,4H2,1-3H3/b23-21+. The van der Waals surface area contributed by atoms with E-state index in [1.165, 1.54) is 41.8 Å². The molecule has 4 aromatic rings. The molecule has 1 atom stereocenters. The number of nitrogens with zero attached hydrogens (tertiary/aromatic N) is 2. The minimum atomic E-state index is -0.829. The number of aliphatic hydroxyl groups excluding tert-OH is 1. The Morgan fingerprint density at radius 3 is 2.58 bits per heavy atom. The molecule has 1 amide bonds. The number of hydrogen-bond donors (Lipinski definition) is 1. The fourth-order valence-corrected chi connectivity index (χ4v) is 5.98. The van der Waals surface area contributed by atoms with Gasteiger partial charge in [0.2, 0.25) is 0 Å². The molecule has 1 unspecified atom stereocenters. The summed E-state index contributed by atoms with van der Waals surface area (Å²) in [5, 5.41) is 13.5. The van der Waals surface area contributed by atoms with Crippen LogP contribution in [0.3, 0.4) is 0 Å². The number of Topliss-reactive ketones (excluding diaryl/α,β-unsaturated/α-hetero) is 1. The molecule has 1 fully saturated rings. The molecule has 0 spiro atoms. The number of anilines is 1. The van der Waals surface area contributed by atoms with E-state index in [2.05, 4.69) is 4.98 Å². The maximum atomic E-state index is 13.4. The zero-order valence-corrected chi connectivity index (χ0v) is 21.3. The van der Waals surface area contributed by atoms with E-state index in [-0.39, 0.29) is 11.3 Å². The minimum Gasteiger partial charge on any atom is -0.507 e. The van der Waals surface area contributed by atoms with Gasteiger partial charge in [-0.15, -0.1) is 11.3 Å². The zero-order valence-electron chi connectivity index (χ0n) is 19.7. The number of thiazole rings is 1. The zero-order chi connectivity index (χ0) is 25.4. The third kappa shape index (κ3) is 3.98. The second-order valence-corrected chi connectivity index (χ2v) is 9.80. The first kappa shape index (κ1) is 23.8. The van der Waals surface area contributed by atoms with Crippen molar-refractivity contribution in [2.24, 2.45) is 0 Å². The lowest BCUT2D eigenvalue weighted by Gasteiger charge is -2.21. The molecule has 3 heterocycles. The van der Waals surface area contributed by atoms with E-state index in [0.717, 1.165) is 9.58 Å². The summed E-state index contributed by atoms with van der Waals surface area (Å²) in [6.07, 6.45) is 0. The third-order valence-electron chi connectivity index (χ3n) is 5.78. The van der Waals surface area contributed by atoms with Crippen LogP contribution in [0.4, 0.5) is 5.13 Å². The predicted molar refractivity (Wildman–Crippen MR) is 139 cm³/mol. The van der Waals surface area contributed by atoms with Gasteiger partial charge in [0.15, 0.2) is 16.6 Å². The molecule has 2 aromatic heterocycles. The Bertz CT molecular complexity index is 1490. The van der Waals surface area contributed by atoms with Crippen LogP contribution >= 0.6 is 22.7 Å². The Kier molecular flexibility index (Phi) is 6.38. The lowest BCUT2D eigenvalue weighted by molar-refractivity contribution is -0.132. The average Bonchev–Trinajstić information content (AvgIpc) is 3.62. The van der Waals surface area contributed by atoms with Crippen molar-refractivity contribution in [3.8, 4) is 17.2 Å². The summed E-state index contributed by atoms with van der Waals surface area (Å²) in [6.45, 7) is 2.43. The maximum absolute atomic E-state index is 13.4. The van der Waals surface area contributed by atoms with Crippen LogP contribution < -0.4 is 19.1 Å². The number of hydrogen-bond acceptors (Lipinski definition) is 9. The second-order valence-electron chi connectivity index (χ2n) is 7.81. The number of rotatable bonds is 7. The van der Waals surface area contributed by atoms with Crippen molar-refractivity contribution in [2.75, 3.05) is 25.7 Å². The molecule has 184 valence electrons. The van der Waals surface area contributed by atoms with Gasteiger partial charge in [-0.05, 0) is 54.8 Å². The van der Waals surface area contributed by atoms with E-state index in [1.807, 2.05) is 42.6 Å². The normalized spacial score (nSPS) is 17.1. The predicted octanol–water partition coefficient (Wildman–Crippen LogP) is 5.40. The fourth-order valence-electron chi connectivity index (χ4n) is 4.14. The van der Waals surface area contributed by atoms with Gasteiger partial charge in [-0.1, -0.05) is 17.4 Å². The van der Waals surface area contributed by atoms with Gasteiger partial charge in [-0.2, -0.15) is 0 Å². The molecule has 36 heavy (non-hydrogen) atoms. The summed E-state index contributed by atoms with van der Waals surface area (Å²) in [6, 6.07) is 13.2. The summed E-state index contributed by atoms with van der Waals surface area (Å²) in [7, 11) is 2.99. The van der Waals surface area contributed by atoms with Gasteiger partial charge in [0.05, 0.1) is 36.6 Å². The van der Waals surface area contributed by atoms with Crippen molar-refractivity contribution < 1.29 is 28.9 Å². The highest BCUT2D eigenvalue weighted by Gasteiger charge is 2.48. The SMILES string of the molecule is CCOc1ccc2nc(N3C(=O)C(=O)/C(=C(/O)c4ccc(OC)c(OC)c4)C3c3cccs3)sc2c1. The van der Waals surface area contributed by atoms with Crippen molar-refractivity contribution in [2.45, 2.75) is 13.0 Å². The van der Waals surface area contributed by atoms with E-state index < -0.39 is 17.7 Å². The number of aliphatic hydroxyl groups is 1. The van der Waals surface area contributed by atoms with E-state index in [4.69, 9.17) is 14.2 Å². The highest BCUT2D eigenvalue weighted by atomic mass is 32.1. The first-order valence-electron chi connectivity index (χ1n) is 11.1. The molecule has 1 aliphatic heterocycles. The molecular formula is C26H22N2O6S2. The molecule has 8 nitrogen and oxygen atoms in total. The molecule has 5 rings (SSSR count). The van der Waals surface area contributed by atoms with Crippen LogP contribution in [0.25, 0.3) is 16.0 Å². The third-order valence-corrected chi connectivity index (χ3v) is 7.72. The number of thiophene rings is 1. The Morgan fingerprint density at radius 1 is 1.08 bits per heavy atom. The topological polar surface area (TPSA) is 98.2 Å². The smallest absolute Gasteiger partial charge is 0.301 e. The van der Waals surface area contributed by atoms with Crippen molar-refractivity contribution in [3.05, 3.63) is 69.9 Å². The average molecular weight is 523 g/mol. The van der Waals surface area contributed by atoms with Crippen LogP contribution in [0.5, 0.6) is 17.2 Å². The Hall–Kier alpha value is -3.89. The number of benzene rings is 2. The Labute approximate surface area is 215 Å². The minimum absolute atomic E-state index is 0.0102. The number of methoxy groups -OCH3 is 2. The summed E-state index contributed by atoms with van der Waals surface area (Å²) in [5.74, 6) is -0.264. The van der Waals surface area contributed by atoms with Gasteiger partial charge < -0.3 is 19.3 Å². The van der Waals surface area contributed by atoms with Crippen LogP contribution in [0.1, 0.15) is 23.4 Å². The molecule has 10 heteroatoms. The van der Waals surface area contributed by atoms with E-state index in [0.29, 0.717) is 40.1 Å². The fraction of sp³-hybridized carbons (Fsp3) is 0.192. The van der Waals surface area contributed by atoms with Gasteiger partial charge >= 0.3 is 5.91 Å². The van der Waals surface area contributed by atoms with Crippen LogP contribution in [-0.2, 0) is 9.59 Å². The van der Waals surface area contributed by atoms with Gasteiger partial charge in [0.1, 0.15) is 17.6 Å². The molecule has 1 aliphatic rings. The monoisotopic (exact) mass is 522 g/mol. The molecule has 0 bridgehead atoms. The van der Waals surface area contributed by atoms with Gasteiger partial charge in [0.25, 0.3) is 5.78 Å². The molecule has 1 saturated heterocycles. The lowest BCUT2D eigenvalue weighted by Crippen LogP contribution is -2.28. The Morgan fingerprint density at radius 2 is 1.89 bits per heavy atom. The summed E-state index contributed by atoms with van der Waals surface area (Å²) >= 11 is 2.68. The molecule has 0 radical (unpaired) electrons. The number of carbonyl (C=O) groups is 2. The molecule has 0 saturated carbocycles. The van der Waals surface area contributed by atoms with Crippen LogP contribution in [-0.4, -0.2) is 42.6 Å². The summed E-state index contributed by atoms with van der Waals surface area (Å²) in [4.78, 5) is 33.4. The Balaban J connectivity index is 1.66. The number of aromatic nitrogens is 1. The quantitative estimate of drug-likeness (QED) is 0.197. The van der Waals surface area contributed by atoms with Crippen LogP contribution in [0.15, 0.2) is 59.5 Å². The van der Waals surface area contributed by atoms with Gasteiger partial charge in [-0.25, -0.2) is 4.98 Å². The number of ether oxygens (including phenoxy) is 3. The summed E-state index contributed by atoms with van der Waals surface area (Å²) < 4.78 is 17.0. The van der Waals surface area contributed by atoms with Gasteiger partial charge in [-0.3, -0.25) is 14.5 Å². The van der Waals surface area contributed by atoms with Crippen LogP contribution in [0.2, 0.25) is 0 Å². The molecule has 2 aromatic carbocycles. The highest BCUT2D eigenvalue weighted by molar-refractivity contribution is 7.22. The van der Waals surface area contributed by atoms with Crippen molar-refractivity contribution in [1.82, 2.24) is 4.98 Å². The van der Waals surface area contributed by atoms with Crippen molar-refractivity contribution in [3.63, 3.8) is 0 Å². The highest BCUT2D eigenvalue weighted by Crippen LogP contribution is 2.46. The van der Waals surface area contributed by atoms with Crippen molar-refractivity contribution in [1.29, 1.82) is 0 Å². The first-order chi connectivity index (χ1) is 17.5. The first-order valence-corrected chi connectivity index (χ1v) is 12.8. The molecule has 0 aliphatic carbocycles. The van der Waals surface area contributed by atoms with Crippen LogP contribution in [0, 0.1) is 0 Å². The maximum Gasteiger partial charge on any atom is 0.301 e. The van der Waals surface area contributed by atoms with E-state index in [1.54, 1.807) is 18.2 Å². The molecule has 1 N–H and O–H groups in total. The number of carbonyl (C=O) groups excluding carboxylic acids is 2. The van der Waals surface area contributed by atoms with E-state index >= 15 is 0 Å².